The quantitative estimate of drug-likeness (QED) is 0.641. The van der Waals surface area contributed by atoms with E-state index in [2.05, 4.69) is 31.4 Å². The molecule has 7 nitrogen and oxygen atoms in total. The number of aromatic nitrogens is 4. The van der Waals surface area contributed by atoms with Gasteiger partial charge in [-0.3, -0.25) is 0 Å². The van der Waals surface area contributed by atoms with Crippen LogP contribution in [0.4, 0.5) is 0 Å². The van der Waals surface area contributed by atoms with Crippen molar-refractivity contribution in [3.8, 4) is 11.8 Å². The Hall–Kier alpha value is -1.05. The first-order valence-electron chi connectivity index (χ1n) is 4.24. The third-order valence-corrected chi connectivity index (χ3v) is 2.44. The van der Waals surface area contributed by atoms with Crippen molar-refractivity contribution in [2.24, 2.45) is 0 Å². The Morgan fingerprint density at radius 2 is 2.18 bits per heavy atom. The molecule has 0 aromatic carbocycles. The fourth-order valence-corrected chi connectivity index (χ4v) is 1.69. The van der Waals surface area contributed by atoms with Crippen LogP contribution < -0.4 is 4.52 Å². The largest absolute Gasteiger partial charge is 0.388 e. The minimum Gasteiger partial charge on any atom is -0.388 e. The third-order valence-electron chi connectivity index (χ3n) is 1.61. The molecule has 0 atom stereocenters. The second kappa shape index (κ2) is 4.67. The van der Waals surface area contributed by atoms with E-state index in [4.69, 9.17) is 21.4 Å². The summed E-state index contributed by atoms with van der Waals surface area (Å²) in [7, 11) is 0. The Balaban J connectivity index is 2.27. The summed E-state index contributed by atoms with van der Waals surface area (Å²) >= 11 is 10.0. The zero-order valence-corrected chi connectivity index (χ0v) is 10.6. The number of rotatable bonds is 3. The van der Waals surface area contributed by atoms with E-state index in [-0.39, 0.29) is 6.01 Å². The number of hydrogen-bond donors (Lipinski definition) is 2. The van der Waals surface area contributed by atoms with E-state index in [0.29, 0.717) is 11.0 Å². The number of hydrogen-bond acceptors (Lipinski definition) is 5. The Bertz CT molecular complexity index is 586. The van der Waals surface area contributed by atoms with Gasteiger partial charge in [0.1, 0.15) is 11.5 Å². The molecule has 2 aromatic rings. The molecule has 0 radical (unpaired) electrons. The fourth-order valence-electron chi connectivity index (χ4n) is 1.03. The van der Waals surface area contributed by atoms with Crippen LogP contribution in [0.25, 0.3) is 5.82 Å². The van der Waals surface area contributed by atoms with Crippen LogP contribution in [0.1, 0.15) is 0 Å². The highest BCUT2D eigenvalue weighted by molar-refractivity contribution is 8.06. The van der Waals surface area contributed by atoms with Crippen LogP contribution in [0.15, 0.2) is 24.5 Å². The van der Waals surface area contributed by atoms with Gasteiger partial charge in [-0.1, -0.05) is 17.7 Å². The number of nitrogens with zero attached hydrogens (tertiary/aromatic N) is 4. The zero-order chi connectivity index (χ0) is 12.5. The summed E-state index contributed by atoms with van der Waals surface area (Å²) in [4.78, 5) is 25.5. The van der Waals surface area contributed by atoms with Gasteiger partial charge in [0.15, 0.2) is 5.82 Å². The van der Waals surface area contributed by atoms with Crippen molar-refractivity contribution in [3.63, 3.8) is 0 Å². The summed E-state index contributed by atoms with van der Waals surface area (Å²) in [6, 6.07) is 4.72. The highest BCUT2D eigenvalue weighted by Gasteiger charge is 2.14. The molecule has 17 heavy (non-hydrogen) atoms. The molecule has 0 saturated heterocycles. The SMILES string of the molecule is OP(O)(=S)Oc1ncn(-c2cccc(Cl)n2)n1. The normalized spacial score (nSPS) is 11.5. The van der Waals surface area contributed by atoms with Crippen LogP contribution >= 0.6 is 18.3 Å². The molecule has 0 bridgehead atoms. The fraction of sp³-hybridized carbons (Fsp3) is 0. The van der Waals surface area contributed by atoms with Crippen LogP contribution in [0.5, 0.6) is 6.01 Å². The molecular formula is C7H6ClN4O3PS. The Morgan fingerprint density at radius 1 is 1.41 bits per heavy atom. The van der Waals surface area contributed by atoms with Gasteiger partial charge < -0.3 is 14.3 Å². The van der Waals surface area contributed by atoms with E-state index in [1.807, 2.05) is 0 Å². The first kappa shape index (κ1) is 12.4. The summed E-state index contributed by atoms with van der Waals surface area (Å²) in [5, 5.41) is 4.11. The van der Waals surface area contributed by atoms with Gasteiger partial charge in [-0.15, -0.1) is 5.10 Å². The van der Waals surface area contributed by atoms with Gasteiger partial charge >= 0.3 is 12.7 Å². The molecule has 2 heterocycles. The van der Waals surface area contributed by atoms with Gasteiger partial charge in [-0.05, 0) is 12.1 Å². The lowest BCUT2D eigenvalue weighted by Crippen LogP contribution is -1.98. The minimum atomic E-state index is -3.83. The molecule has 0 fully saturated rings. The predicted octanol–water partition coefficient (Wildman–Crippen LogP) is 0.904. The van der Waals surface area contributed by atoms with Crippen molar-refractivity contribution in [2.45, 2.75) is 0 Å². The Labute approximate surface area is 106 Å². The lowest BCUT2D eigenvalue weighted by atomic mass is 10.5. The molecule has 0 saturated carbocycles. The Kier molecular flexibility index (Phi) is 3.41. The molecule has 0 spiro atoms. The van der Waals surface area contributed by atoms with Crippen molar-refractivity contribution < 1.29 is 14.3 Å². The van der Waals surface area contributed by atoms with E-state index in [1.54, 1.807) is 18.2 Å². The van der Waals surface area contributed by atoms with E-state index < -0.39 is 6.72 Å². The second-order valence-electron chi connectivity index (χ2n) is 2.87. The second-order valence-corrected chi connectivity index (χ2v) is 5.85. The van der Waals surface area contributed by atoms with Crippen LogP contribution in [-0.4, -0.2) is 29.5 Å². The van der Waals surface area contributed by atoms with Crippen LogP contribution in [0.2, 0.25) is 5.15 Å². The molecular weight excluding hydrogens is 287 g/mol. The Morgan fingerprint density at radius 3 is 2.82 bits per heavy atom. The summed E-state index contributed by atoms with van der Waals surface area (Å²) in [6.45, 7) is -3.83. The van der Waals surface area contributed by atoms with E-state index in [9.17, 15) is 0 Å². The average Bonchev–Trinajstić information content (AvgIpc) is 2.63. The van der Waals surface area contributed by atoms with Crippen molar-refractivity contribution in [1.29, 1.82) is 0 Å². The van der Waals surface area contributed by atoms with Gasteiger partial charge in [0, 0.05) is 11.8 Å². The maximum Gasteiger partial charge on any atom is 0.377 e. The van der Waals surface area contributed by atoms with E-state index in [0.717, 1.165) is 0 Å². The van der Waals surface area contributed by atoms with Crippen molar-refractivity contribution >= 4 is 30.1 Å². The van der Waals surface area contributed by atoms with Gasteiger partial charge in [0.05, 0.1) is 0 Å². The molecule has 90 valence electrons. The molecule has 0 aliphatic carbocycles. The topological polar surface area (TPSA) is 93.3 Å². The van der Waals surface area contributed by atoms with Gasteiger partial charge in [0.25, 0.3) is 0 Å². The van der Waals surface area contributed by atoms with Crippen molar-refractivity contribution in [1.82, 2.24) is 19.7 Å². The third kappa shape index (κ3) is 3.45. The average molecular weight is 293 g/mol. The van der Waals surface area contributed by atoms with Crippen LogP contribution in [0, 0.1) is 0 Å². The van der Waals surface area contributed by atoms with E-state index >= 15 is 0 Å². The molecule has 2 aromatic heterocycles. The van der Waals surface area contributed by atoms with Crippen molar-refractivity contribution in [3.05, 3.63) is 29.7 Å². The molecule has 2 rings (SSSR count). The standard InChI is InChI=1S/C7H6ClN4O3PS/c8-5-2-1-3-6(10-5)12-4-9-7(11-12)15-16(13,14)17/h1-4H,(H2,13,14,17). The molecule has 0 unspecified atom stereocenters. The van der Waals surface area contributed by atoms with Crippen molar-refractivity contribution in [2.75, 3.05) is 0 Å². The van der Waals surface area contributed by atoms with E-state index in [1.165, 1.54) is 11.0 Å². The summed E-state index contributed by atoms with van der Waals surface area (Å²) in [5.41, 5.74) is 0. The maximum atomic E-state index is 8.93. The van der Waals surface area contributed by atoms with Gasteiger partial charge in [-0.25, -0.2) is 4.98 Å². The molecule has 0 amide bonds. The highest BCUT2D eigenvalue weighted by Crippen LogP contribution is 2.36. The van der Waals surface area contributed by atoms with Crippen LogP contribution in [-0.2, 0) is 11.8 Å². The monoisotopic (exact) mass is 292 g/mol. The molecule has 0 aliphatic rings. The summed E-state index contributed by atoms with van der Waals surface area (Å²) in [6.07, 6.45) is 1.29. The zero-order valence-electron chi connectivity index (χ0n) is 8.13. The predicted molar refractivity (Wildman–Crippen MR) is 63.5 cm³/mol. The maximum absolute atomic E-state index is 8.93. The van der Waals surface area contributed by atoms with Crippen LogP contribution in [0.3, 0.4) is 0 Å². The minimum absolute atomic E-state index is 0.236. The van der Waals surface area contributed by atoms with Gasteiger partial charge in [-0.2, -0.15) is 9.67 Å². The lowest BCUT2D eigenvalue weighted by molar-refractivity contribution is 0.357. The summed E-state index contributed by atoms with van der Waals surface area (Å²) < 4.78 is 5.84. The molecule has 2 N–H and O–H groups in total. The lowest BCUT2D eigenvalue weighted by Gasteiger charge is -2.04. The summed E-state index contributed by atoms with van der Waals surface area (Å²) in [5.74, 6) is 0.420. The first-order chi connectivity index (χ1) is 7.94. The smallest absolute Gasteiger partial charge is 0.377 e. The molecule has 10 heteroatoms. The number of halogens is 1. The number of pyridine rings is 1. The molecule has 0 aliphatic heterocycles. The van der Waals surface area contributed by atoms with Gasteiger partial charge in [0.2, 0.25) is 0 Å². The highest BCUT2D eigenvalue weighted by atomic mass is 35.5. The first-order valence-corrected chi connectivity index (χ1v) is 7.24.